The Kier molecular flexibility index (Phi) is 4.66. The lowest BCUT2D eigenvalue weighted by Crippen LogP contribution is -2.40. The second-order valence-electron chi connectivity index (χ2n) is 5.91. The number of alkyl halides is 1. The van der Waals surface area contributed by atoms with Crippen LogP contribution in [0.4, 0.5) is 4.39 Å². The summed E-state index contributed by atoms with van der Waals surface area (Å²) in [6, 6.07) is 0.317. The second-order valence-corrected chi connectivity index (χ2v) is 6.70. The third-order valence-corrected chi connectivity index (χ3v) is 4.91. The molecule has 1 aliphatic heterocycles. The van der Waals surface area contributed by atoms with E-state index in [4.69, 9.17) is 0 Å². The quantitative estimate of drug-likeness (QED) is 0.917. The Labute approximate surface area is 123 Å². The molecule has 0 saturated carbocycles. The van der Waals surface area contributed by atoms with E-state index in [1.54, 1.807) is 11.6 Å². The largest absolute Gasteiger partial charge is 0.314 e. The molecule has 5 heteroatoms. The van der Waals surface area contributed by atoms with E-state index < -0.39 is 5.67 Å². The van der Waals surface area contributed by atoms with Gasteiger partial charge in [-0.2, -0.15) is 5.10 Å². The molecule has 1 saturated heterocycles. The molecular weight excluding hydrogens is 309 g/mol. The molecule has 0 spiro atoms. The molecular formula is C14H23BrFN3. The summed E-state index contributed by atoms with van der Waals surface area (Å²) in [7, 11) is 1.88. The molecule has 108 valence electrons. The van der Waals surface area contributed by atoms with Crippen molar-refractivity contribution in [2.24, 2.45) is 7.05 Å². The Morgan fingerprint density at radius 2 is 2.26 bits per heavy atom. The van der Waals surface area contributed by atoms with Gasteiger partial charge in [0.2, 0.25) is 0 Å². The normalized spacial score (nSPS) is 23.3. The van der Waals surface area contributed by atoms with Crippen LogP contribution in [-0.4, -0.2) is 28.0 Å². The van der Waals surface area contributed by atoms with Gasteiger partial charge in [-0.15, -0.1) is 0 Å². The van der Waals surface area contributed by atoms with Crippen molar-refractivity contribution in [1.29, 1.82) is 0 Å². The zero-order chi connectivity index (χ0) is 14.0. The van der Waals surface area contributed by atoms with Crippen LogP contribution in [0.15, 0.2) is 4.47 Å². The van der Waals surface area contributed by atoms with E-state index in [1.165, 1.54) is 12.8 Å². The number of rotatable bonds is 4. The van der Waals surface area contributed by atoms with Crippen molar-refractivity contribution in [3.63, 3.8) is 0 Å². The molecule has 1 fully saturated rings. The Morgan fingerprint density at radius 1 is 1.53 bits per heavy atom. The lowest BCUT2D eigenvalue weighted by Gasteiger charge is -2.30. The molecule has 0 bridgehead atoms. The van der Waals surface area contributed by atoms with Crippen LogP contribution in [0, 0.1) is 6.92 Å². The first-order chi connectivity index (χ1) is 8.89. The molecule has 1 aromatic heterocycles. The van der Waals surface area contributed by atoms with Crippen LogP contribution >= 0.6 is 15.9 Å². The molecule has 2 atom stereocenters. The van der Waals surface area contributed by atoms with Gasteiger partial charge in [-0.05, 0) is 55.6 Å². The van der Waals surface area contributed by atoms with Crippen LogP contribution in [0.25, 0.3) is 0 Å². The lowest BCUT2D eigenvalue weighted by atomic mass is 9.90. The minimum atomic E-state index is -1.20. The van der Waals surface area contributed by atoms with Crippen LogP contribution in [0.1, 0.15) is 44.0 Å². The molecule has 19 heavy (non-hydrogen) atoms. The van der Waals surface area contributed by atoms with Crippen molar-refractivity contribution in [1.82, 2.24) is 15.1 Å². The fourth-order valence-corrected chi connectivity index (χ4v) is 3.38. The molecule has 0 radical (unpaired) electrons. The molecule has 2 heterocycles. The van der Waals surface area contributed by atoms with Crippen molar-refractivity contribution in [2.75, 3.05) is 6.54 Å². The summed E-state index contributed by atoms with van der Waals surface area (Å²) in [6.07, 6.45) is 4.49. The van der Waals surface area contributed by atoms with Gasteiger partial charge in [0.05, 0.1) is 15.9 Å². The number of hydrogen-bond donors (Lipinski definition) is 1. The number of aromatic nitrogens is 2. The fraction of sp³-hybridized carbons (Fsp3) is 0.786. The number of nitrogens with zero attached hydrogens (tertiary/aromatic N) is 2. The maximum absolute atomic E-state index is 14.8. The van der Waals surface area contributed by atoms with Crippen molar-refractivity contribution in [3.05, 3.63) is 15.9 Å². The Balaban J connectivity index is 2.03. The Hall–Kier alpha value is -0.420. The second kappa shape index (κ2) is 5.92. The highest BCUT2D eigenvalue weighted by molar-refractivity contribution is 9.10. The number of aryl methyl sites for hydroxylation is 2. The third-order valence-electron chi connectivity index (χ3n) is 3.88. The van der Waals surface area contributed by atoms with E-state index in [1.807, 2.05) is 14.0 Å². The maximum atomic E-state index is 14.8. The standard InChI is InChI=1S/C14H23BrFN3/c1-10-13(15)12(19(3)18-10)9-14(2,16)8-11-6-4-5-7-17-11/h11,17H,4-9H2,1-3H3. The first kappa shape index (κ1) is 15.0. The average Bonchev–Trinajstić information content (AvgIpc) is 2.56. The first-order valence-corrected chi connectivity index (χ1v) is 7.78. The summed E-state index contributed by atoms with van der Waals surface area (Å²) < 4.78 is 17.6. The van der Waals surface area contributed by atoms with Gasteiger partial charge in [-0.1, -0.05) is 6.42 Å². The number of hydrogen-bond acceptors (Lipinski definition) is 2. The van der Waals surface area contributed by atoms with E-state index >= 15 is 0 Å². The van der Waals surface area contributed by atoms with Gasteiger partial charge < -0.3 is 5.32 Å². The molecule has 2 unspecified atom stereocenters. The topological polar surface area (TPSA) is 29.9 Å². The predicted octanol–water partition coefficient (Wildman–Crippen LogP) is 3.29. The lowest BCUT2D eigenvalue weighted by molar-refractivity contribution is 0.143. The molecule has 3 nitrogen and oxygen atoms in total. The fourth-order valence-electron chi connectivity index (χ4n) is 2.91. The molecule has 1 N–H and O–H groups in total. The van der Waals surface area contributed by atoms with Crippen LogP contribution in [0.3, 0.4) is 0 Å². The summed E-state index contributed by atoms with van der Waals surface area (Å²) in [5.74, 6) is 0. The van der Waals surface area contributed by atoms with Crippen LogP contribution in [0.5, 0.6) is 0 Å². The van der Waals surface area contributed by atoms with Gasteiger partial charge in [0, 0.05) is 19.5 Å². The van der Waals surface area contributed by atoms with Gasteiger partial charge >= 0.3 is 0 Å². The number of nitrogens with one attached hydrogen (secondary N) is 1. The molecule has 0 aliphatic carbocycles. The van der Waals surface area contributed by atoms with Crippen LogP contribution in [-0.2, 0) is 13.5 Å². The monoisotopic (exact) mass is 331 g/mol. The smallest absolute Gasteiger partial charge is 0.115 e. The van der Waals surface area contributed by atoms with E-state index in [2.05, 4.69) is 26.3 Å². The highest BCUT2D eigenvalue weighted by Crippen LogP contribution is 2.30. The summed E-state index contributed by atoms with van der Waals surface area (Å²) in [4.78, 5) is 0. The highest BCUT2D eigenvalue weighted by Gasteiger charge is 2.31. The first-order valence-electron chi connectivity index (χ1n) is 6.99. The summed E-state index contributed by atoms with van der Waals surface area (Å²) in [5.41, 5.74) is 0.667. The predicted molar refractivity (Wildman–Crippen MR) is 79.1 cm³/mol. The van der Waals surface area contributed by atoms with Gasteiger partial charge in [0.1, 0.15) is 5.67 Å². The Morgan fingerprint density at radius 3 is 2.79 bits per heavy atom. The minimum absolute atomic E-state index is 0.317. The van der Waals surface area contributed by atoms with Crippen LogP contribution in [0.2, 0.25) is 0 Å². The highest BCUT2D eigenvalue weighted by atomic mass is 79.9. The molecule has 1 aromatic rings. The van der Waals surface area contributed by atoms with Gasteiger partial charge in [-0.3, -0.25) is 4.68 Å². The maximum Gasteiger partial charge on any atom is 0.115 e. The van der Waals surface area contributed by atoms with E-state index in [0.29, 0.717) is 18.9 Å². The number of halogens is 2. The van der Waals surface area contributed by atoms with Gasteiger partial charge in [0.15, 0.2) is 0 Å². The SMILES string of the molecule is Cc1nn(C)c(CC(C)(F)CC2CCCCN2)c1Br. The van der Waals surface area contributed by atoms with E-state index in [-0.39, 0.29) is 0 Å². The van der Waals surface area contributed by atoms with Gasteiger partial charge in [-0.25, -0.2) is 4.39 Å². The third kappa shape index (κ3) is 3.78. The van der Waals surface area contributed by atoms with Gasteiger partial charge in [0.25, 0.3) is 0 Å². The molecule has 2 rings (SSSR count). The zero-order valence-corrected chi connectivity index (χ0v) is 13.6. The molecule has 0 amide bonds. The van der Waals surface area contributed by atoms with Crippen LogP contribution < -0.4 is 5.32 Å². The number of piperidine rings is 1. The summed E-state index contributed by atoms with van der Waals surface area (Å²) in [6.45, 7) is 4.67. The average molecular weight is 332 g/mol. The van der Waals surface area contributed by atoms with E-state index in [9.17, 15) is 4.39 Å². The molecule has 1 aliphatic rings. The summed E-state index contributed by atoms with van der Waals surface area (Å²) >= 11 is 3.51. The van der Waals surface area contributed by atoms with Crippen molar-refractivity contribution in [3.8, 4) is 0 Å². The zero-order valence-electron chi connectivity index (χ0n) is 12.0. The van der Waals surface area contributed by atoms with Crippen molar-refractivity contribution < 1.29 is 4.39 Å². The van der Waals surface area contributed by atoms with E-state index in [0.717, 1.165) is 28.8 Å². The Bertz CT molecular complexity index is 436. The summed E-state index contributed by atoms with van der Waals surface area (Å²) in [5, 5.41) is 7.75. The molecule has 0 aromatic carbocycles. The van der Waals surface area contributed by atoms with Crippen molar-refractivity contribution >= 4 is 15.9 Å². The minimum Gasteiger partial charge on any atom is -0.314 e. The van der Waals surface area contributed by atoms with Crippen molar-refractivity contribution in [2.45, 2.75) is 57.7 Å².